The fraction of sp³-hybridized carbons (Fsp3) is 0.333. The summed E-state index contributed by atoms with van der Waals surface area (Å²) in [4.78, 5) is 34.2. The highest BCUT2D eigenvalue weighted by atomic mass is 19.4. The summed E-state index contributed by atoms with van der Waals surface area (Å²) < 4.78 is 39.9. The predicted octanol–water partition coefficient (Wildman–Crippen LogP) is 3.04. The standard InChI is InChI=1S/C21H19F3N4O2/c22-21(23,24)16-6-3-5-15-18(16)25-12-26-19(15)28-10-8-13(9-11-28)27-20(30)14-4-1-2-7-17(14)29/h1-7,12-14H,8-11H2,(H,27,30). The van der Waals surface area contributed by atoms with Gasteiger partial charge in [-0.05, 0) is 31.1 Å². The topological polar surface area (TPSA) is 75.2 Å². The van der Waals surface area contributed by atoms with Crippen molar-refractivity contribution in [2.45, 2.75) is 25.1 Å². The molecule has 156 valence electrons. The van der Waals surface area contributed by atoms with Crippen molar-refractivity contribution in [3.8, 4) is 0 Å². The van der Waals surface area contributed by atoms with Gasteiger partial charge in [-0.2, -0.15) is 13.2 Å². The van der Waals surface area contributed by atoms with Gasteiger partial charge in [0.05, 0.1) is 11.1 Å². The second-order valence-corrected chi connectivity index (χ2v) is 7.29. The van der Waals surface area contributed by atoms with Crippen LogP contribution in [0.15, 0.2) is 48.8 Å². The molecule has 1 aliphatic heterocycles. The largest absolute Gasteiger partial charge is 0.418 e. The van der Waals surface area contributed by atoms with E-state index in [9.17, 15) is 22.8 Å². The first kappa shape index (κ1) is 20.1. The molecule has 2 heterocycles. The molecule has 1 aromatic heterocycles. The summed E-state index contributed by atoms with van der Waals surface area (Å²) in [6.07, 6.45) is 4.05. The van der Waals surface area contributed by atoms with E-state index < -0.39 is 17.7 Å². The maximum atomic E-state index is 13.3. The summed E-state index contributed by atoms with van der Waals surface area (Å²) in [6, 6.07) is 3.84. The molecule has 1 aromatic carbocycles. The first-order valence-electron chi connectivity index (χ1n) is 9.59. The van der Waals surface area contributed by atoms with Crippen molar-refractivity contribution in [2.75, 3.05) is 18.0 Å². The van der Waals surface area contributed by atoms with Crippen LogP contribution in [0.5, 0.6) is 0 Å². The van der Waals surface area contributed by atoms with Gasteiger partial charge in [0.15, 0.2) is 5.78 Å². The minimum atomic E-state index is -4.50. The number of nitrogens with zero attached hydrogens (tertiary/aromatic N) is 3. The lowest BCUT2D eigenvalue weighted by atomic mass is 9.97. The summed E-state index contributed by atoms with van der Waals surface area (Å²) in [5.74, 6) is -0.937. The average Bonchev–Trinajstić information content (AvgIpc) is 2.73. The van der Waals surface area contributed by atoms with E-state index >= 15 is 0 Å². The maximum Gasteiger partial charge on any atom is 0.418 e. The number of hydrogen-bond acceptors (Lipinski definition) is 5. The minimum absolute atomic E-state index is 0.111. The Labute approximate surface area is 170 Å². The van der Waals surface area contributed by atoms with Crippen molar-refractivity contribution in [3.05, 3.63) is 54.4 Å². The van der Waals surface area contributed by atoms with Crippen LogP contribution in [0.3, 0.4) is 0 Å². The van der Waals surface area contributed by atoms with Crippen LogP contribution >= 0.6 is 0 Å². The number of piperidine rings is 1. The zero-order valence-corrected chi connectivity index (χ0v) is 15.9. The molecule has 1 amide bonds. The van der Waals surface area contributed by atoms with E-state index in [0.29, 0.717) is 37.1 Å². The zero-order chi connectivity index (χ0) is 21.3. The molecule has 0 bridgehead atoms. The van der Waals surface area contributed by atoms with Crippen LogP contribution in [-0.2, 0) is 15.8 Å². The highest BCUT2D eigenvalue weighted by Crippen LogP contribution is 2.36. The first-order valence-corrected chi connectivity index (χ1v) is 9.59. The van der Waals surface area contributed by atoms with Gasteiger partial charge in [-0.3, -0.25) is 9.59 Å². The van der Waals surface area contributed by atoms with E-state index in [1.165, 1.54) is 12.1 Å². The predicted molar refractivity (Wildman–Crippen MR) is 105 cm³/mol. The second kappa shape index (κ2) is 7.89. The molecule has 4 rings (SSSR count). The maximum absolute atomic E-state index is 13.3. The smallest absolute Gasteiger partial charge is 0.356 e. The number of ketones is 1. The number of nitrogens with one attached hydrogen (secondary N) is 1. The molecule has 1 unspecified atom stereocenters. The number of fused-ring (bicyclic) bond motifs is 1. The molecule has 6 nitrogen and oxygen atoms in total. The molecule has 9 heteroatoms. The average molecular weight is 416 g/mol. The zero-order valence-electron chi connectivity index (χ0n) is 15.9. The van der Waals surface area contributed by atoms with Crippen LogP contribution in [0.2, 0.25) is 0 Å². The third kappa shape index (κ3) is 3.92. The Morgan fingerprint density at radius 2 is 1.90 bits per heavy atom. The Kier molecular flexibility index (Phi) is 5.27. The lowest BCUT2D eigenvalue weighted by molar-refractivity contribution is -0.136. The fourth-order valence-electron chi connectivity index (χ4n) is 3.82. The number of benzene rings is 1. The molecule has 1 N–H and O–H groups in total. The van der Waals surface area contributed by atoms with E-state index in [4.69, 9.17) is 0 Å². The van der Waals surface area contributed by atoms with Crippen molar-refractivity contribution in [1.29, 1.82) is 0 Å². The number of carbonyl (C=O) groups excluding carboxylic acids is 2. The number of alkyl halides is 3. The molecular weight excluding hydrogens is 397 g/mol. The molecule has 1 aliphatic carbocycles. The van der Waals surface area contributed by atoms with Crippen molar-refractivity contribution < 1.29 is 22.8 Å². The van der Waals surface area contributed by atoms with E-state index in [0.717, 1.165) is 12.4 Å². The molecule has 1 fully saturated rings. The molecule has 0 spiro atoms. The van der Waals surface area contributed by atoms with Crippen LogP contribution in [0.25, 0.3) is 10.9 Å². The molecule has 1 saturated heterocycles. The summed E-state index contributed by atoms with van der Waals surface area (Å²) in [5, 5.41) is 3.25. The van der Waals surface area contributed by atoms with Gasteiger partial charge in [0.2, 0.25) is 5.91 Å². The van der Waals surface area contributed by atoms with E-state index in [-0.39, 0.29) is 23.2 Å². The number of allylic oxidation sites excluding steroid dienone is 3. The number of hydrogen-bond donors (Lipinski definition) is 1. The Morgan fingerprint density at radius 1 is 1.13 bits per heavy atom. The van der Waals surface area contributed by atoms with Gasteiger partial charge >= 0.3 is 6.18 Å². The summed E-state index contributed by atoms with van der Waals surface area (Å²) in [5.41, 5.74) is -0.911. The minimum Gasteiger partial charge on any atom is -0.356 e. The number of rotatable bonds is 3. The summed E-state index contributed by atoms with van der Waals surface area (Å²) in [6.45, 7) is 1.03. The number of amides is 1. The highest BCUT2D eigenvalue weighted by Gasteiger charge is 2.34. The van der Waals surface area contributed by atoms with Crippen molar-refractivity contribution in [1.82, 2.24) is 15.3 Å². The molecule has 2 aliphatic rings. The molecule has 30 heavy (non-hydrogen) atoms. The van der Waals surface area contributed by atoms with Gasteiger partial charge in [-0.15, -0.1) is 0 Å². The molecule has 0 radical (unpaired) electrons. The summed E-state index contributed by atoms with van der Waals surface area (Å²) in [7, 11) is 0. The van der Waals surface area contributed by atoms with Gasteiger partial charge in [-0.1, -0.05) is 24.3 Å². The number of para-hydroxylation sites is 1. The Morgan fingerprint density at radius 3 is 2.60 bits per heavy atom. The second-order valence-electron chi connectivity index (χ2n) is 7.29. The van der Waals surface area contributed by atoms with Gasteiger partial charge < -0.3 is 10.2 Å². The molecule has 2 aromatic rings. The van der Waals surface area contributed by atoms with Gasteiger partial charge in [0.1, 0.15) is 18.1 Å². The van der Waals surface area contributed by atoms with Crippen molar-refractivity contribution in [2.24, 2.45) is 5.92 Å². The van der Waals surface area contributed by atoms with E-state index in [1.54, 1.807) is 24.3 Å². The number of carbonyl (C=O) groups is 2. The number of aromatic nitrogens is 2. The number of halogens is 3. The molecular formula is C21H19F3N4O2. The normalized spacial score (nSPS) is 20.0. The van der Waals surface area contributed by atoms with Gasteiger partial charge in [-0.25, -0.2) is 9.97 Å². The molecule has 0 saturated carbocycles. The van der Waals surface area contributed by atoms with Crippen LogP contribution in [0.1, 0.15) is 18.4 Å². The third-order valence-corrected chi connectivity index (χ3v) is 5.35. The van der Waals surface area contributed by atoms with E-state index in [1.807, 2.05) is 4.90 Å². The van der Waals surface area contributed by atoms with Crippen LogP contribution in [0.4, 0.5) is 19.0 Å². The van der Waals surface area contributed by atoms with Crippen molar-refractivity contribution in [3.63, 3.8) is 0 Å². The number of anilines is 1. The quantitative estimate of drug-likeness (QED) is 0.779. The van der Waals surface area contributed by atoms with Crippen LogP contribution in [-0.4, -0.2) is 40.8 Å². The lowest BCUT2D eigenvalue weighted by Gasteiger charge is -2.34. The third-order valence-electron chi connectivity index (χ3n) is 5.35. The Bertz CT molecular complexity index is 1040. The Hall–Kier alpha value is -3.23. The monoisotopic (exact) mass is 416 g/mol. The lowest BCUT2D eigenvalue weighted by Crippen LogP contribution is -2.47. The highest BCUT2D eigenvalue weighted by molar-refractivity contribution is 6.09. The molecule has 1 atom stereocenters. The van der Waals surface area contributed by atoms with Crippen molar-refractivity contribution >= 4 is 28.4 Å². The first-order chi connectivity index (χ1) is 14.3. The van der Waals surface area contributed by atoms with Crippen LogP contribution < -0.4 is 10.2 Å². The Balaban J connectivity index is 1.46. The van der Waals surface area contributed by atoms with Gasteiger partial charge in [0, 0.05) is 24.5 Å². The fourth-order valence-corrected chi connectivity index (χ4v) is 3.82. The van der Waals surface area contributed by atoms with Crippen LogP contribution in [0, 0.1) is 5.92 Å². The SMILES string of the molecule is O=C1C=CC=CC1C(=O)NC1CCN(c2ncnc3c(C(F)(F)F)cccc23)CC1. The van der Waals surface area contributed by atoms with Gasteiger partial charge in [0.25, 0.3) is 0 Å². The van der Waals surface area contributed by atoms with E-state index in [2.05, 4.69) is 15.3 Å². The summed E-state index contributed by atoms with van der Waals surface area (Å²) >= 11 is 0.